The van der Waals surface area contributed by atoms with E-state index in [2.05, 4.69) is 20.5 Å². The molecule has 2 aromatic heterocycles. The van der Waals surface area contributed by atoms with Crippen LogP contribution in [0.5, 0.6) is 0 Å². The van der Waals surface area contributed by atoms with E-state index in [-0.39, 0.29) is 5.56 Å². The van der Waals surface area contributed by atoms with Crippen LogP contribution in [0.4, 0.5) is 11.4 Å². The van der Waals surface area contributed by atoms with Crippen molar-refractivity contribution in [3.8, 4) is 17.1 Å². The molecule has 0 unspecified atom stereocenters. The molecule has 0 aliphatic rings. The van der Waals surface area contributed by atoms with Crippen LogP contribution in [-0.4, -0.2) is 19.7 Å². The highest BCUT2D eigenvalue weighted by Gasteiger charge is 2.13. The minimum atomic E-state index is -0.175. The number of aryl methyl sites for hydroxylation is 1. The number of aromatic amines is 1. The van der Waals surface area contributed by atoms with Gasteiger partial charge in [0.15, 0.2) is 5.82 Å². The van der Waals surface area contributed by atoms with E-state index in [0.29, 0.717) is 27.8 Å². The third kappa shape index (κ3) is 3.61. The predicted octanol–water partition coefficient (Wildman–Crippen LogP) is 4.33. The van der Waals surface area contributed by atoms with Gasteiger partial charge in [-0.05, 0) is 43.3 Å². The number of halogens is 1. The van der Waals surface area contributed by atoms with Crippen molar-refractivity contribution in [3.05, 3.63) is 88.1 Å². The number of nitrogens with zero attached hydrogens (tertiary/aromatic N) is 3. The Hall–Kier alpha value is -3.38. The normalized spacial score (nSPS) is 10.7. The zero-order valence-corrected chi connectivity index (χ0v) is 15.2. The van der Waals surface area contributed by atoms with Crippen LogP contribution in [0.15, 0.2) is 71.9 Å². The minimum Gasteiger partial charge on any atom is -0.355 e. The molecule has 4 aromatic rings. The number of nitrogens with one attached hydrogen (secondary N) is 2. The Labute approximate surface area is 160 Å². The Morgan fingerprint density at radius 1 is 1.07 bits per heavy atom. The second kappa shape index (κ2) is 7.09. The molecule has 0 amide bonds. The molecule has 0 atom stereocenters. The lowest BCUT2D eigenvalue weighted by Gasteiger charge is -2.14. The van der Waals surface area contributed by atoms with Gasteiger partial charge >= 0.3 is 0 Å². The number of aromatic nitrogens is 4. The van der Waals surface area contributed by atoms with Crippen LogP contribution < -0.4 is 10.9 Å². The largest absolute Gasteiger partial charge is 0.355 e. The molecule has 7 heteroatoms. The van der Waals surface area contributed by atoms with Crippen LogP contribution in [-0.2, 0) is 0 Å². The summed E-state index contributed by atoms with van der Waals surface area (Å²) in [5.41, 5.74) is 3.91. The molecule has 0 bridgehead atoms. The number of hydrogen-bond acceptors (Lipinski definition) is 4. The maximum atomic E-state index is 12.7. The first-order chi connectivity index (χ1) is 13.1. The van der Waals surface area contributed by atoms with Crippen molar-refractivity contribution >= 4 is 23.0 Å². The summed E-state index contributed by atoms with van der Waals surface area (Å²) >= 11 is 5.96. The van der Waals surface area contributed by atoms with Gasteiger partial charge in [0.05, 0.1) is 11.3 Å². The molecule has 2 aromatic carbocycles. The molecule has 0 aliphatic heterocycles. The third-order valence-electron chi connectivity index (χ3n) is 4.14. The summed E-state index contributed by atoms with van der Waals surface area (Å²) in [6, 6.07) is 16.5. The molecule has 0 fully saturated rings. The topological polar surface area (TPSA) is 75.6 Å². The van der Waals surface area contributed by atoms with E-state index in [1.165, 1.54) is 6.33 Å². The summed E-state index contributed by atoms with van der Waals surface area (Å²) in [7, 11) is 0. The molecule has 2 N–H and O–H groups in total. The SMILES string of the molecule is Cc1ccc(Nc2cc(=O)n(-c3ccc(Cl)cc3)cc2-c2nc[nH]n2)cc1. The van der Waals surface area contributed by atoms with E-state index in [9.17, 15) is 4.79 Å². The zero-order valence-electron chi connectivity index (χ0n) is 14.5. The molecular weight excluding hydrogens is 362 g/mol. The van der Waals surface area contributed by atoms with Gasteiger partial charge in [0, 0.05) is 28.7 Å². The molecule has 0 aliphatic carbocycles. The molecule has 27 heavy (non-hydrogen) atoms. The molecule has 0 radical (unpaired) electrons. The Kier molecular flexibility index (Phi) is 4.48. The molecule has 0 spiro atoms. The molecule has 134 valence electrons. The Balaban J connectivity index is 1.83. The van der Waals surface area contributed by atoms with Crippen LogP contribution in [0.3, 0.4) is 0 Å². The lowest BCUT2D eigenvalue weighted by atomic mass is 10.1. The number of rotatable bonds is 4. The average Bonchev–Trinajstić information content (AvgIpc) is 3.19. The van der Waals surface area contributed by atoms with E-state index < -0.39 is 0 Å². The van der Waals surface area contributed by atoms with Crippen molar-refractivity contribution in [2.24, 2.45) is 0 Å². The van der Waals surface area contributed by atoms with Crippen LogP contribution in [0.25, 0.3) is 17.1 Å². The molecule has 0 saturated heterocycles. The van der Waals surface area contributed by atoms with Crippen LogP contribution >= 0.6 is 11.6 Å². The van der Waals surface area contributed by atoms with Crippen molar-refractivity contribution < 1.29 is 0 Å². The van der Waals surface area contributed by atoms with Crippen molar-refractivity contribution in [1.29, 1.82) is 0 Å². The highest BCUT2D eigenvalue weighted by Crippen LogP contribution is 2.27. The second-order valence-electron chi connectivity index (χ2n) is 6.10. The smallest absolute Gasteiger partial charge is 0.257 e. The highest BCUT2D eigenvalue weighted by molar-refractivity contribution is 6.30. The van der Waals surface area contributed by atoms with Gasteiger partial charge < -0.3 is 5.32 Å². The fourth-order valence-electron chi connectivity index (χ4n) is 2.75. The van der Waals surface area contributed by atoms with Crippen molar-refractivity contribution in [3.63, 3.8) is 0 Å². The molecule has 4 rings (SSSR count). The van der Waals surface area contributed by atoms with Gasteiger partial charge in [0.2, 0.25) is 0 Å². The van der Waals surface area contributed by atoms with E-state index >= 15 is 0 Å². The van der Waals surface area contributed by atoms with Gasteiger partial charge in [-0.3, -0.25) is 14.5 Å². The first-order valence-electron chi connectivity index (χ1n) is 8.32. The van der Waals surface area contributed by atoms with E-state index in [1.807, 2.05) is 31.2 Å². The van der Waals surface area contributed by atoms with Gasteiger partial charge in [-0.1, -0.05) is 29.3 Å². The predicted molar refractivity (Wildman–Crippen MR) is 107 cm³/mol. The molecule has 2 heterocycles. The quantitative estimate of drug-likeness (QED) is 0.555. The average molecular weight is 378 g/mol. The first-order valence-corrected chi connectivity index (χ1v) is 8.70. The number of hydrogen-bond donors (Lipinski definition) is 2. The van der Waals surface area contributed by atoms with Crippen LogP contribution in [0.2, 0.25) is 5.02 Å². The summed E-state index contributed by atoms with van der Waals surface area (Å²) in [6.45, 7) is 2.02. The molecule has 6 nitrogen and oxygen atoms in total. The first kappa shape index (κ1) is 17.1. The summed E-state index contributed by atoms with van der Waals surface area (Å²) < 4.78 is 1.54. The minimum absolute atomic E-state index is 0.175. The fourth-order valence-corrected chi connectivity index (χ4v) is 2.88. The zero-order chi connectivity index (χ0) is 18.8. The van der Waals surface area contributed by atoms with Gasteiger partial charge in [-0.15, -0.1) is 0 Å². The van der Waals surface area contributed by atoms with Crippen LogP contribution in [0.1, 0.15) is 5.56 Å². The van der Waals surface area contributed by atoms with Crippen molar-refractivity contribution in [1.82, 2.24) is 19.7 Å². The van der Waals surface area contributed by atoms with Crippen molar-refractivity contribution in [2.45, 2.75) is 6.92 Å². The van der Waals surface area contributed by atoms with Gasteiger partial charge in [0.25, 0.3) is 5.56 Å². The maximum Gasteiger partial charge on any atom is 0.257 e. The number of H-pyrrole nitrogens is 1. The summed E-state index contributed by atoms with van der Waals surface area (Å²) in [4.78, 5) is 17.0. The van der Waals surface area contributed by atoms with E-state index in [1.54, 1.807) is 41.1 Å². The van der Waals surface area contributed by atoms with Gasteiger partial charge in [-0.2, -0.15) is 5.10 Å². The molecular formula is C20H16ClN5O. The van der Waals surface area contributed by atoms with Crippen LogP contribution in [0, 0.1) is 6.92 Å². The standard InChI is InChI=1S/C20H16ClN5O/c1-13-2-6-15(7-3-13)24-18-10-19(27)26(16-8-4-14(21)5-9-16)11-17(18)20-22-12-23-25-20/h2-12,24H,1H3,(H,22,23,25). The van der Waals surface area contributed by atoms with E-state index in [4.69, 9.17) is 11.6 Å². The lowest BCUT2D eigenvalue weighted by molar-refractivity contribution is 0.988. The highest BCUT2D eigenvalue weighted by atomic mass is 35.5. The van der Waals surface area contributed by atoms with E-state index in [0.717, 1.165) is 11.3 Å². The third-order valence-corrected chi connectivity index (χ3v) is 4.40. The fraction of sp³-hybridized carbons (Fsp3) is 0.0500. The maximum absolute atomic E-state index is 12.7. The van der Waals surface area contributed by atoms with Gasteiger partial charge in [0.1, 0.15) is 6.33 Å². The summed E-state index contributed by atoms with van der Waals surface area (Å²) in [6.07, 6.45) is 3.23. The molecule has 0 saturated carbocycles. The number of pyridine rings is 1. The summed E-state index contributed by atoms with van der Waals surface area (Å²) in [5.74, 6) is 0.493. The summed E-state index contributed by atoms with van der Waals surface area (Å²) in [5, 5.41) is 10.8. The Bertz CT molecular complexity index is 1120. The second-order valence-corrected chi connectivity index (χ2v) is 6.54. The Morgan fingerprint density at radius 2 is 1.81 bits per heavy atom. The van der Waals surface area contributed by atoms with Gasteiger partial charge in [-0.25, -0.2) is 4.98 Å². The van der Waals surface area contributed by atoms with Crippen molar-refractivity contribution in [2.75, 3.05) is 5.32 Å². The lowest BCUT2D eigenvalue weighted by Crippen LogP contribution is -2.18. The number of anilines is 2. The number of benzene rings is 2. The Morgan fingerprint density at radius 3 is 2.48 bits per heavy atom. The monoisotopic (exact) mass is 377 g/mol.